The first kappa shape index (κ1) is 11.5. The number of aromatic nitrogens is 1. The normalized spacial score (nSPS) is 13.2. The van der Waals surface area contributed by atoms with Crippen LogP contribution < -0.4 is 4.74 Å². The summed E-state index contributed by atoms with van der Waals surface area (Å²) in [6.45, 7) is 0.517. The average Bonchev–Trinajstić information content (AvgIpc) is 2.68. The molecule has 0 fully saturated rings. The Balaban J connectivity index is 2.22. The minimum absolute atomic E-state index is 0.314. The number of pyridine rings is 1. The van der Waals surface area contributed by atoms with Crippen molar-refractivity contribution >= 4 is 28.9 Å². The van der Waals surface area contributed by atoms with Crippen molar-refractivity contribution in [3.63, 3.8) is 0 Å². The highest BCUT2D eigenvalue weighted by Gasteiger charge is 2.22. The van der Waals surface area contributed by atoms with E-state index in [0.717, 1.165) is 10.4 Å². The van der Waals surface area contributed by atoms with Gasteiger partial charge in [-0.1, -0.05) is 11.6 Å². The summed E-state index contributed by atoms with van der Waals surface area (Å²) in [7, 11) is 0. The van der Waals surface area contributed by atoms with Gasteiger partial charge >= 0.3 is 5.97 Å². The lowest BCUT2D eigenvalue weighted by Crippen LogP contribution is -1.98. The molecule has 2 aromatic rings. The fourth-order valence-corrected chi connectivity index (χ4v) is 3.03. The van der Waals surface area contributed by atoms with E-state index in [1.165, 1.54) is 11.3 Å². The third kappa shape index (κ3) is 1.85. The first-order chi connectivity index (χ1) is 8.65. The summed E-state index contributed by atoms with van der Waals surface area (Å²) in [6.07, 6.45) is 0.682. The SMILES string of the molecule is O=C(O)c1cc2c(s1)CCOc1ccc(Cl)nc1-2. The predicted molar refractivity (Wildman–Crippen MR) is 68.7 cm³/mol. The highest BCUT2D eigenvalue weighted by Crippen LogP contribution is 2.39. The Morgan fingerprint density at radius 2 is 2.33 bits per heavy atom. The number of thiophene rings is 1. The minimum atomic E-state index is -0.919. The number of carboxylic acids is 1. The molecule has 0 atom stereocenters. The van der Waals surface area contributed by atoms with E-state index in [1.54, 1.807) is 18.2 Å². The Kier molecular flexibility index (Phi) is 2.72. The summed E-state index contributed by atoms with van der Waals surface area (Å²) in [5, 5.41) is 9.41. The van der Waals surface area contributed by atoms with Gasteiger partial charge in [-0.25, -0.2) is 9.78 Å². The summed E-state index contributed by atoms with van der Waals surface area (Å²) < 4.78 is 5.58. The molecular weight excluding hydrogens is 274 g/mol. The number of ether oxygens (including phenoxy) is 1. The molecule has 92 valence electrons. The van der Waals surface area contributed by atoms with Crippen LogP contribution in [-0.4, -0.2) is 22.7 Å². The van der Waals surface area contributed by atoms with E-state index >= 15 is 0 Å². The number of carbonyl (C=O) groups is 1. The number of nitrogens with zero attached hydrogens (tertiary/aromatic N) is 1. The Morgan fingerprint density at radius 1 is 1.50 bits per heavy atom. The van der Waals surface area contributed by atoms with Crippen LogP contribution >= 0.6 is 22.9 Å². The van der Waals surface area contributed by atoms with E-state index in [-0.39, 0.29) is 0 Å². The van der Waals surface area contributed by atoms with Crippen LogP contribution in [0, 0.1) is 0 Å². The first-order valence-corrected chi connectivity index (χ1v) is 6.50. The lowest BCUT2D eigenvalue weighted by atomic mass is 10.1. The summed E-state index contributed by atoms with van der Waals surface area (Å²) in [5.74, 6) is -0.273. The summed E-state index contributed by atoms with van der Waals surface area (Å²) >= 11 is 7.15. The molecule has 1 N–H and O–H groups in total. The molecule has 0 bridgehead atoms. The molecule has 0 aliphatic carbocycles. The van der Waals surface area contributed by atoms with Gasteiger partial charge in [-0.15, -0.1) is 11.3 Å². The molecule has 0 saturated heterocycles. The molecule has 3 rings (SSSR count). The predicted octanol–water partition coefficient (Wildman–Crippen LogP) is 3.10. The van der Waals surface area contributed by atoms with E-state index in [9.17, 15) is 4.79 Å². The summed E-state index contributed by atoms with van der Waals surface area (Å²) in [6, 6.07) is 5.06. The smallest absolute Gasteiger partial charge is 0.345 e. The second-order valence-corrected chi connectivity index (χ2v) is 5.36. The molecule has 0 amide bonds. The Hall–Kier alpha value is -1.59. The van der Waals surface area contributed by atoms with Gasteiger partial charge in [-0.3, -0.25) is 0 Å². The van der Waals surface area contributed by atoms with Crippen LogP contribution in [0.1, 0.15) is 14.5 Å². The molecule has 0 saturated carbocycles. The number of hydrogen-bond acceptors (Lipinski definition) is 4. The number of rotatable bonds is 1. The Bertz CT molecular complexity index is 638. The maximum absolute atomic E-state index is 11.0. The van der Waals surface area contributed by atoms with E-state index in [1.807, 2.05) is 0 Å². The van der Waals surface area contributed by atoms with Gasteiger partial charge in [0.1, 0.15) is 21.5 Å². The van der Waals surface area contributed by atoms with Gasteiger partial charge in [-0.2, -0.15) is 0 Å². The molecule has 1 aliphatic rings. The quantitative estimate of drug-likeness (QED) is 0.816. The van der Waals surface area contributed by atoms with Crippen molar-refractivity contribution in [2.45, 2.75) is 6.42 Å². The maximum atomic E-state index is 11.0. The molecular formula is C12H8ClNO3S. The van der Waals surface area contributed by atoms with Gasteiger partial charge in [0.2, 0.25) is 0 Å². The fourth-order valence-electron chi connectivity index (χ4n) is 1.91. The monoisotopic (exact) mass is 281 g/mol. The topological polar surface area (TPSA) is 59.4 Å². The van der Waals surface area contributed by atoms with Crippen LogP contribution in [0.15, 0.2) is 18.2 Å². The van der Waals surface area contributed by atoms with E-state index in [2.05, 4.69) is 4.98 Å². The largest absolute Gasteiger partial charge is 0.491 e. The van der Waals surface area contributed by atoms with Gasteiger partial charge in [0.05, 0.1) is 6.61 Å². The lowest BCUT2D eigenvalue weighted by Gasteiger charge is -2.05. The van der Waals surface area contributed by atoms with E-state index < -0.39 is 5.97 Å². The van der Waals surface area contributed by atoms with Crippen molar-refractivity contribution in [2.75, 3.05) is 6.61 Å². The van der Waals surface area contributed by atoms with Gasteiger partial charge in [-0.05, 0) is 18.2 Å². The Morgan fingerprint density at radius 3 is 3.11 bits per heavy atom. The molecule has 18 heavy (non-hydrogen) atoms. The second-order valence-electron chi connectivity index (χ2n) is 3.83. The molecule has 0 aromatic carbocycles. The van der Waals surface area contributed by atoms with Crippen molar-refractivity contribution in [1.82, 2.24) is 4.98 Å². The molecule has 0 spiro atoms. The van der Waals surface area contributed by atoms with Crippen LogP contribution in [0.4, 0.5) is 0 Å². The first-order valence-electron chi connectivity index (χ1n) is 5.31. The number of hydrogen-bond donors (Lipinski definition) is 1. The Labute approximate surface area is 112 Å². The van der Waals surface area contributed by atoms with Crippen molar-refractivity contribution in [3.8, 4) is 17.0 Å². The van der Waals surface area contributed by atoms with Crippen LogP contribution in [0.25, 0.3) is 11.3 Å². The van der Waals surface area contributed by atoms with Gasteiger partial charge in [0.15, 0.2) is 0 Å². The minimum Gasteiger partial charge on any atom is -0.491 e. The van der Waals surface area contributed by atoms with Crippen molar-refractivity contribution in [1.29, 1.82) is 0 Å². The maximum Gasteiger partial charge on any atom is 0.345 e. The molecule has 1 aliphatic heterocycles. The molecule has 4 nitrogen and oxygen atoms in total. The summed E-state index contributed by atoms with van der Waals surface area (Å²) in [4.78, 5) is 16.5. The number of aromatic carboxylic acids is 1. The average molecular weight is 282 g/mol. The number of halogens is 1. The third-order valence-corrected chi connectivity index (χ3v) is 4.08. The van der Waals surface area contributed by atoms with Crippen LogP contribution in [0.2, 0.25) is 5.15 Å². The standard InChI is InChI=1S/C12H8ClNO3S/c13-10-2-1-7-11(14-10)6-5-9(12(15)16)18-8(6)3-4-17-7/h1-2,5H,3-4H2,(H,15,16). The summed E-state index contributed by atoms with van der Waals surface area (Å²) in [5.41, 5.74) is 1.44. The van der Waals surface area contributed by atoms with E-state index in [0.29, 0.717) is 34.5 Å². The lowest BCUT2D eigenvalue weighted by molar-refractivity contribution is 0.0702. The zero-order valence-electron chi connectivity index (χ0n) is 9.14. The second kappa shape index (κ2) is 4.26. The highest BCUT2D eigenvalue weighted by molar-refractivity contribution is 7.14. The van der Waals surface area contributed by atoms with E-state index in [4.69, 9.17) is 21.4 Å². The van der Waals surface area contributed by atoms with Crippen LogP contribution in [0.5, 0.6) is 5.75 Å². The van der Waals surface area contributed by atoms with Crippen molar-refractivity contribution < 1.29 is 14.6 Å². The van der Waals surface area contributed by atoms with Crippen molar-refractivity contribution in [2.24, 2.45) is 0 Å². The number of fused-ring (bicyclic) bond motifs is 3. The van der Waals surface area contributed by atoms with Gasteiger partial charge < -0.3 is 9.84 Å². The van der Waals surface area contributed by atoms with Gasteiger partial charge in [0.25, 0.3) is 0 Å². The van der Waals surface area contributed by atoms with Crippen LogP contribution in [-0.2, 0) is 6.42 Å². The number of carboxylic acid groups (broad SMARTS) is 1. The molecule has 2 aromatic heterocycles. The van der Waals surface area contributed by atoms with Crippen molar-refractivity contribution in [3.05, 3.63) is 33.1 Å². The zero-order chi connectivity index (χ0) is 12.7. The van der Waals surface area contributed by atoms with Gasteiger partial charge in [0, 0.05) is 16.9 Å². The molecule has 6 heteroatoms. The molecule has 3 heterocycles. The fraction of sp³-hybridized carbons (Fsp3) is 0.167. The highest BCUT2D eigenvalue weighted by atomic mass is 35.5. The third-order valence-electron chi connectivity index (χ3n) is 2.69. The van der Waals surface area contributed by atoms with Crippen LogP contribution in [0.3, 0.4) is 0 Å². The zero-order valence-corrected chi connectivity index (χ0v) is 10.7. The molecule has 0 radical (unpaired) electrons. The molecule has 0 unspecified atom stereocenters.